The van der Waals surface area contributed by atoms with E-state index in [1.807, 2.05) is 0 Å². The van der Waals surface area contributed by atoms with Crippen molar-refractivity contribution in [3.8, 4) is 0 Å². The average molecular weight is 666 g/mol. The lowest BCUT2D eigenvalue weighted by atomic mass is 9.96. The molecular formula is C26H43N5O15. The fraction of sp³-hybridized carbons (Fsp3) is 0.731. The predicted molar refractivity (Wildman–Crippen MR) is 151 cm³/mol. The number of hydrogen-bond acceptors (Lipinski definition) is 13. The second-order valence-electron chi connectivity index (χ2n) is 10.7. The van der Waals surface area contributed by atoms with Crippen molar-refractivity contribution in [1.29, 1.82) is 0 Å². The maximum atomic E-state index is 12.9. The fourth-order valence-electron chi connectivity index (χ4n) is 4.36. The van der Waals surface area contributed by atoms with Crippen molar-refractivity contribution in [2.24, 2.45) is 5.73 Å². The molecule has 0 aromatic heterocycles. The summed E-state index contributed by atoms with van der Waals surface area (Å²) in [6.07, 6.45) is -8.84. The van der Waals surface area contributed by atoms with Crippen LogP contribution in [0.15, 0.2) is 0 Å². The van der Waals surface area contributed by atoms with Gasteiger partial charge in [-0.05, 0) is 39.5 Å². The van der Waals surface area contributed by atoms with Crippen molar-refractivity contribution in [1.82, 2.24) is 21.3 Å². The number of amides is 4. The summed E-state index contributed by atoms with van der Waals surface area (Å²) in [4.78, 5) is 83.9. The zero-order valence-electron chi connectivity index (χ0n) is 25.5. The Balaban J connectivity index is 2.93. The number of carboxylic acid groups (broad SMARTS) is 3. The van der Waals surface area contributed by atoms with Crippen LogP contribution in [0, 0.1) is 0 Å². The van der Waals surface area contributed by atoms with Crippen molar-refractivity contribution in [3.05, 3.63) is 0 Å². The summed E-state index contributed by atoms with van der Waals surface area (Å²) in [6.45, 7) is 2.83. The molecule has 12 N–H and O–H groups in total. The van der Waals surface area contributed by atoms with Crippen molar-refractivity contribution < 1.29 is 73.7 Å². The zero-order valence-corrected chi connectivity index (χ0v) is 25.5. The van der Waals surface area contributed by atoms with Crippen LogP contribution in [0.5, 0.6) is 0 Å². The summed E-state index contributed by atoms with van der Waals surface area (Å²) in [5, 5.41) is 66.7. The van der Waals surface area contributed by atoms with Gasteiger partial charge in [0.1, 0.15) is 54.6 Å². The maximum Gasteiger partial charge on any atom is 0.326 e. The number of aliphatic carboxylic acids is 3. The predicted octanol–water partition coefficient (Wildman–Crippen LogP) is -4.66. The van der Waals surface area contributed by atoms with Gasteiger partial charge in [0, 0.05) is 13.3 Å². The molecule has 1 aliphatic heterocycles. The van der Waals surface area contributed by atoms with E-state index in [1.54, 1.807) is 0 Å². The van der Waals surface area contributed by atoms with Crippen LogP contribution in [0.4, 0.5) is 0 Å². The Morgan fingerprint density at radius 2 is 1.46 bits per heavy atom. The first-order chi connectivity index (χ1) is 21.4. The Morgan fingerprint density at radius 1 is 0.848 bits per heavy atom. The molecule has 1 aliphatic rings. The number of ether oxygens (including phenoxy) is 2. The van der Waals surface area contributed by atoms with E-state index >= 15 is 0 Å². The number of carbonyl (C=O) groups excluding carboxylic acids is 4. The van der Waals surface area contributed by atoms with Crippen LogP contribution in [0.3, 0.4) is 0 Å². The molecule has 4 amide bonds. The molecule has 262 valence electrons. The molecule has 0 saturated carbocycles. The molecule has 46 heavy (non-hydrogen) atoms. The summed E-state index contributed by atoms with van der Waals surface area (Å²) in [7, 11) is 0. The first-order valence-corrected chi connectivity index (χ1v) is 14.3. The Kier molecular flexibility index (Phi) is 16.5. The van der Waals surface area contributed by atoms with Crippen molar-refractivity contribution >= 4 is 41.5 Å². The third-order valence-electron chi connectivity index (χ3n) is 6.94. The monoisotopic (exact) mass is 665 g/mol. The molecule has 0 bridgehead atoms. The van der Waals surface area contributed by atoms with Gasteiger partial charge in [0.05, 0.1) is 6.61 Å². The number of aliphatic hydroxyl groups excluding tert-OH is 3. The van der Waals surface area contributed by atoms with Gasteiger partial charge in [-0.3, -0.25) is 28.8 Å². The molecule has 10 atom stereocenters. The molecule has 0 unspecified atom stereocenters. The molecule has 20 heteroatoms. The van der Waals surface area contributed by atoms with Gasteiger partial charge in [-0.25, -0.2) is 4.79 Å². The molecule has 20 nitrogen and oxygen atoms in total. The molecule has 1 heterocycles. The van der Waals surface area contributed by atoms with Gasteiger partial charge in [0.2, 0.25) is 23.6 Å². The van der Waals surface area contributed by atoms with Gasteiger partial charge in [0.15, 0.2) is 6.29 Å². The third-order valence-corrected chi connectivity index (χ3v) is 6.94. The van der Waals surface area contributed by atoms with Gasteiger partial charge >= 0.3 is 17.9 Å². The van der Waals surface area contributed by atoms with E-state index in [2.05, 4.69) is 21.3 Å². The van der Waals surface area contributed by atoms with E-state index in [4.69, 9.17) is 25.4 Å². The van der Waals surface area contributed by atoms with Crippen molar-refractivity contribution in [2.75, 3.05) is 6.61 Å². The van der Waals surface area contributed by atoms with Crippen LogP contribution < -0.4 is 27.0 Å². The second kappa shape index (κ2) is 18.9. The van der Waals surface area contributed by atoms with Crippen LogP contribution in [0.2, 0.25) is 0 Å². The quantitative estimate of drug-likeness (QED) is 0.0617. The van der Waals surface area contributed by atoms with E-state index in [0.29, 0.717) is 0 Å². The standard InChI is InChI=1S/C26H43N5O15/c1-10(28-22(38)11(2)45-20-18(29-12(3)33)26(44)46-16(9-32)19(20)36)21(37)30-14(7-8-17(34)35)23(39)31-15(25(42)43)6-4-5-13(27)24(40)41/h10-11,13-16,18-20,26,32,36,44H,4-9,27H2,1-3H3,(H,28,38)(H,29,33)(H,30,37)(H,31,39)(H,34,35)(H,40,41)(H,42,43)/t10-,11+,13+,14+,15-,16+,18+,19+,20+,26+/m0/s1. The minimum absolute atomic E-state index is 0.0102. The van der Waals surface area contributed by atoms with Crippen LogP contribution in [-0.2, 0) is 43.0 Å². The molecular weight excluding hydrogens is 622 g/mol. The highest BCUT2D eigenvalue weighted by Gasteiger charge is 2.47. The van der Waals surface area contributed by atoms with E-state index in [-0.39, 0.29) is 19.3 Å². The largest absolute Gasteiger partial charge is 0.481 e. The molecule has 0 radical (unpaired) electrons. The summed E-state index contributed by atoms with van der Waals surface area (Å²) >= 11 is 0. The summed E-state index contributed by atoms with van der Waals surface area (Å²) in [5.41, 5.74) is 5.40. The Bertz CT molecular complexity index is 1110. The fourth-order valence-corrected chi connectivity index (χ4v) is 4.36. The molecule has 0 aliphatic carbocycles. The molecule has 0 spiro atoms. The minimum atomic E-state index is -1.72. The van der Waals surface area contributed by atoms with E-state index in [1.165, 1.54) is 13.8 Å². The topological polar surface area (TPSA) is 333 Å². The number of aliphatic hydroxyl groups is 3. The third kappa shape index (κ3) is 12.8. The van der Waals surface area contributed by atoms with Gasteiger partial charge < -0.3 is 67.1 Å². The summed E-state index contributed by atoms with van der Waals surface area (Å²) in [6, 6.07) is -7.02. The molecule has 1 fully saturated rings. The summed E-state index contributed by atoms with van der Waals surface area (Å²) in [5.74, 6) is -7.65. The number of nitrogens with two attached hydrogens (primary N) is 1. The highest BCUT2D eigenvalue weighted by atomic mass is 16.6. The first kappa shape index (κ1) is 40.1. The zero-order chi connectivity index (χ0) is 35.3. The smallest absolute Gasteiger partial charge is 0.326 e. The normalized spacial score (nSPS) is 24.3. The number of carboxylic acids is 3. The second-order valence-corrected chi connectivity index (χ2v) is 10.7. The maximum absolute atomic E-state index is 12.9. The van der Waals surface area contributed by atoms with Crippen molar-refractivity contribution in [2.45, 2.75) is 114 Å². The Labute approximate surface area is 263 Å². The van der Waals surface area contributed by atoms with E-state index in [9.17, 15) is 54.0 Å². The van der Waals surface area contributed by atoms with Gasteiger partial charge in [0.25, 0.3) is 0 Å². The number of rotatable bonds is 19. The van der Waals surface area contributed by atoms with Gasteiger partial charge in [-0.1, -0.05) is 0 Å². The lowest BCUT2D eigenvalue weighted by Crippen LogP contribution is -2.65. The van der Waals surface area contributed by atoms with Crippen LogP contribution in [0.1, 0.15) is 52.9 Å². The van der Waals surface area contributed by atoms with Gasteiger partial charge in [-0.15, -0.1) is 0 Å². The molecule has 0 aromatic rings. The van der Waals surface area contributed by atoms with E-state index in [0.717, 1.165) is 6.92 Å². The average Bonchev–Trinajstić information content (AvgIpc) is 2.96. The lowest BCUT2D eigenvalue weighted by Gasteiger charge is -2.43. The Hall–Kier alpha value is -3.95. The molecule has 1 rings (SSSR count). The summed E-state index contributed by atoms with van der Waals surface area (Å²) < 4.78 is 10.7. The number of carbonyl (C=O) groups is 7. The van der Waals surface area contributed by atoms with Crippen LogP contribution in [-0.4, -0.2) is 140 Å². The Morgan fingerprint density at radius 3 is 1.98 bits per heavy atom. The SMILES string of the molecule is CC(=O)N[C@@H]1[C@@H](O[C@H](C)C(=O)N[C@@H](C)C(=O)N[C@H](CCC(=O)O)C(=O)N[C@@H](CCC[C@@H](N)C(=O)O)C(=O)O)[C@H](O)[C@@H](CO)O[C@H]1O. The molecule has 1 saturated heterocycles. The first-order valence-electron chi connectivity index (χ1n) is 14.3. The number of hydrogen-bond donors (Lipinski definition) is 11. The minimum Gasteiger partial charge on any atom is -0.481 e. The number of nitrogens with one attached hydrogen (secondary N) is 4. The molecule has 0 aromatic carbocycles. The highest BCUT2D eigenvalue weighted by molar-refractivity contribution is 5.94. The highest BCUT2D eigenvalue weighted by Crippen LogP contribution is 2.24. The van der Waals surface area contributed by atoms with Crippen molar-refractivity contribution in [3.63, 3.8) is 0 Å². The van der Waals surface area contributed by atoms with Crippen LogP contribution in [0.25, 0.3) is 0 Å². The lowest BCUT2D eigenvalue weighted by molar-refractivity contribution is -0.266. The van der Waals surface area contributed by atoms with Gasteiger partial charge in [-0.2, -0.15) is 0 Å². The van der Waals surface area contributed by atoms with Crippen LogP contribution >= 0.6 is 0 Å². The van der Waals surface area contributed by atoms with E-state index < -0.39 is 122 Å².